The number of hydrogen-bond acceptors (Lipinski definition) is 6. The summed E-state index contributed by atoms with van der Waals surface area (Å²) >= 11 is 0. The molecule has 0 spiro atoms. The van der Waals surface area contributed by atoms with E-state index in [-0.39, 0.29) is 29.9 Å². The summed E-state index contributed by atoms with van der Waals surface area (Å²) in [5.41, 5.74) is 1.56. The smallest absolute Gasteiger partial charge is 0.233 e. The van der Waals surface area contributed by atoms with Crippen LogP contribution in [-0.4, -0.2) is 76.0 Å². The minimum absolute atomic E-state index is 0.0310. The van der Waals surface area contributed by atoms with Crippen LogP contribution >= 0.6 is 0 Å². The zero-order chi connectivity index (χ0) is 19.4. The molecule has 2 fully saturated rings. The molecule has 1 unspecified atom stereocenters. The summed E-state index contributed by atoms with van der Waals surface area (Å²) in [6, 6.07) is 7.12. The predicted molar refractivity (Wildman–Crippen MR) is 103 cm³/mol. The van der Waals surface area contributed by atoms with Crippen LogP contribution in [0.2, 0.25) is 0 Å². The highest BCUT2D eigenvalue weighted by molar-refractivity contribution is 7.91. The first-order valence-electron chi connectivity index (χ1n) is 9.03. The highest BCUT2D eigenvalue weighted by atomic mass is 32.2. The normalized spacial score (nSPS) is 21.7. The van der Waals surface area contributed by atoms with Crippen molar-refractivity contribution in [1.82, 2.24) is 4.90 Å². The number of benzene rings is 1. The standard InChI is InChI=1S/C18H25N3O5S/c1-20(14-6-11-27(24,25)13-14)18(23)12-17(22)19-15-4-2-3-5-16(15)21-7-9-26-10-8-21/h2-5,14H,6-13H2,1H3,(H,19,22). The number of carbonyl (C=O) groups excluding carboxylic acids is 2. The molecule has 2 heterocycles. The summed E-state index contributed by atoms with van der Waals surface area (Å²) in [6.07, 6.45) is 0.108. The maximum Gasteiger partial charge on any atom is 0.233 e. The van der Waals surface area contributed by atoms with E-state index < -0.39 is 15.7 Å². The Hall–Kier alpha value is -2.13. The molecule has 8 nitrogen and oxygen atoms in total. The first-order valence-corrected chi connectivity index (χ1v) is 10.9. The number of morpholine rings is 1. The number of nitrogens with one attached hydrogen (secondary N) is 1. The van der Waals surface area contributed by atoms with Crippen molar-refractivity contribution in [2.75, 3.05) is 55.1 Å². The van der Waals surface area contributed by atoms with Gasteiger partial charge in [0.25, 0.3) is 0 Å². The monoisotopic (exact) mass is 395 g/mol. The Morgan fingerprint density at radius 2 is 1.96 bits per heavy atom. The summed E-state index contributed by atoms with van der Waals surface area (Å²) < 4.78 is 28.5. The molecule has 1 N–H and O–H groups in total. The van der Waals surface area contributed by atoms with Crippen molar-refractivity contribution in [1.29, 1.82) is 0 Å². The lowest BCUT2D eigenvalue weighted by Crippen LogP contribution is -2.39. The van der Waals surface area contributed by atoms with Gasteiger partial charge in [0.15, 0.2) is 9.84 Å². The van der Waals surface area contributed by atoms with Crippen molar-refractivity contribution in [3.05, 3.63) is 24.3 Å². The molecule has 2 aliphatic rings. The van der Waals surface area contributed by atoms with Crippen molar-refractivity contribution >= 4 is 33.0 Å². The molecule has 0 aromatic heterocycles. The van der Waals surface area contributed by atoms with Gasteiger partial charge in [0.05, 0.1) is 36.1 Å². The third kappa shape index (κ3) is 4.98. The molecule has 0 aliphatic carbocycles. The van der Waals surface area contributed by atoms with Crippen molar-refractivity contribution in [3.63, 3.8) is 0 Å². The van der Waals surface area contributed by atoms with Crippen LogP contribution in [0.25, 0.3) is 0 Å². The van der Waals surface area contributed by atoms with Crippen LogP contribution in [0.5, 0.6) is 0 Å². The molecule has 0 bridgehead atoms. The number of anilines is 2. The highest BCUT2D eigenvalue weighted by Gasteiger charge is 2.33. The number of amides is 2. The van der Waals surface area contributed by atoms with E-state index in [1.54, 1.807) is 13.1 Å². The molecule has 0 saturated carbocycles. The average Bonchev–Trinajstić information content (AvgIpc) is 3.02. The van der Waals surface area contributed by atoms with Crippen LogP contribution in [0.15, 0.2) is 24.3 Å². The molecule has 1 aromatic carbocycles. The largest absolute Gasteiger partial charge is 0.378 e. The number of nitrogens with zero attached hydrogens (tertiary/aromatic N) is 2. The van der Waals surface area contributed by atoms with Crippen molar-refractivity contribution < 1.29 is 22.7 Å². The van der Waals surface area contributed by atoms with Gasteiger partial charge in [0.2, 0.25) is 11.8 Å². The number of ether oxygens (including phenoxy) is 1. The van der Waals surface area contributed by atoms with Gasteiger partial charge in [0, 0.05) is 26.2 Å². The second-order valence-corrected chi connectivity index (χ2v) is 9.13. The molecule has 148 valence electrons. The maximum absolute atomic E-state index is 12.4. The summed E-state index contributed by atoms with van der Waals surface area (Å²) in [7, 11) is -1.52. The summed E-state index contributed by atoms with van der Waals surface area (Å²) in [5, 5.41) is 2.81. The Morgan fingerprint density at radius 3 is 2.63 bits per heavy atom. The number of para-hydroxylation sites is 2. The minimum atomic E-state index is -3.08. The molecule has 9 heteroatoms. The van der Waals surface area contributed by atoms with Crippen LogP contribution in [0.4, 0.5) is 11.4 Å². The quantitative estimate of drug-likeness (QED) is 0.730. The van der Waals surface area contributed by atoms with Crippen LogP contribution in [0, 0.1) is 0 Å². The van der Waals surface area contributed by atoms with E-state index in [1.165, 1.54) is 4.90 Å². The second kappa shape index (κ2) is 8.26. The van der Waals surface area contributed by atoms with Crippen molar-refractivity contribution in [2.45, 2.75) is 18.9 Å². The SMILES string of the molecule is CN(C(=O)CC(=O)Nc1ccccc1N1CCOCC1)C1CCS(=O)(=O)C1. The molecule has 3 rings (SSSR count). The van der Waals surface area contributed by atoms with Crippen LogP contribution in [0.3, 0.4) is 0 Å². The van der Waals surface area contributed by atoms with Gasteiger partial charge in [0.1, 0.15) is 6.42 Å². The van der Waals surface area contributed by atoms with E-state index in [1.807, 2.05) is 18.2 Å². The van der Waals surface area contributed by atoms with E-state index in [4.69, 9.17) is 4.74 Å². The zero-order valence-electron chi connectivity index (χ0n) is 15.4. The van der Waals surface area contributed by atoms with Gasteiger partial charge in [-0.05, 0) is 18.6 Å². The van der Waals surface area contributed by atoms with E-state index in [2.05, 4.69) is 10.2 Å². The Bertz CT molecular complexity index is 805. The predicted octanol–water partition coefficient (Wildman–Crippen LogP) is 0.497. The highest BCUT2D eigenvalue weighted by Crippen LogP contribution is 2.26. The fourth-order valence-electron chi connectivity index (χ4n) is 3.40. The van der Waals surface area contributed by atoms with Gasteiger partial charge >= 0.3 is 0 Å². The molecule has 1 atom stereocenters. The van der Waals surface area contributed by atoms with Gasteiger partial charge in [-0.1, -0.05) is 12.1 Å². The van der Waals surface area contributed by atoms with Gasteiger partial charge in [-0.25, -0.2) is 8.42 Å². The minimum Gasteiger partial charge on any atom is -0.378 e. The van der Waals surface area contributed by atoms with E-state index in [0.29, 0.717) is 25.3 Å². The third-order valence-electron chi connectivity index (χ3n) is 4.99. The lowest BCUT2D eigenvalue weighted by Gasteiger charge is -2.30. The zero-order valence-corrected chi connectivity index (χ0v) is 16.2. The Labute approximate surface area is 159 Å². The molecule has 2 amide bonds. The summed E-state index contributed by atoms with van der Waals surface area (Å²) in [4.78, 5) is 28.3. The molecule has 2 saturated heterocycles. The van der Waals surface area contributed by atoms with E-state index >= 15 is 0 Å². The number of sulfone groups is 1. The molecule has 27 heavy (non-hydrogen) atoms. The van der Waals surface area contributed by atoms with Gasteiger partial charge in [-0.15, -0.1) is 0 Å². The third-order valence-corrected chi connectivity index (χ3v) is 6.74. The van der Waals surface area contributed by atoms with Crippen molar-refractivity contribution in [2.24, 2.45) is 0 Å². The lowest BCUT2D eigenvalue weighted by molar-refractivity contribution is -0.134. The topological polar surface area (TPSA) is 96.0 Å². The second-order valence-electron chi connectivity index (χ2n) is 6.90. The first-order chi connectivity index (χ1) is 12.9. The summed E-state index contributed by atoms with van der Waals surface area (Å²) in [5.74, 6) is -0.725. The molecule has 1 aromatic rings. The number of rotatable bonds is 5. The van der Waals surface area contributed by atoms with Gasteiger partial charge in [-0.3, -0.25) is 9.59 Å². The maximum atomic E-state index is 12.4. The molecular formula is C18H25N3O5S. The average molecular weight is 395 g/mol. The van der Waals surface area contributed by atoms with Gasteiger partial charge < -0.3 is 19.9 Å². The van der Waals surface area contributed by atoms with Gasteiger partial charge in [-0.2, -0.15) is 0 Å². The van der Waals surface area contributed by atoms with Crippen molar-refractivity contribution in [3.8, 4) is 0 Å². The molecule has 0 radical (unpaired) electrons. The Morgan fingerprint density at radius 1 is 1.26 bits per heavy atom. The fourth-order valence-corrected chi connectivity index (χ4v) is 5.17. The Kier molecular flexibility index (Phi) is 6.01. The Balaban J connectivity index is 1.60. The number of hydrogen-bond donors (Lipinski definition) is 1. The lowest BCUT2D eigenvalue weighted by atomic mass is 10.2. The first kappa shape index (κ1) is 19.6. The van der Waals surface area contributed by atoms with Crippen LogP contribution in [-0.2, 0) is 24.2 Å². The molecule has 2 aliphatic heterocycles. The van der Waals surface area contributed by atoms with E-state index in [9.17, 15) is 18.0 Å². The van der Waals surface area contributed by atoms with E-state index in [0.717, 1.165) is 18.8 Å². The fraction of sp³-hybridized carbons (Fsp3) is 0.556. The summed E-state index contributed by atoms with van der Waals surface area (Å²) in [6.45, 7) is 2.75. The van der Waals surface area contributed by atoms with Crippen LogP contribution in [0.1, 0.15) is 12.8 Å². The van der Waals surface area contributed by atoms with Crippen LogP contribution < -0.4 is 10.2 Å². The molecular weight excluding hydrogens is 370 g/mol. The number of carbonyl (C=O) groups is 2.